The second-order valence-corrected chi connectivity index (χ2v) is 8.21. The fourth-order valence-electron chi connectivity index (χ4n) is 3.65. The van der Waals surface area contributed by atoms with E-state index in [1.807, 2.05) is 0 Å². The van der Waals surface area contributed by atoms with Crippen molar-refractivity contribution < 1.29 is 0 Å². The van der Waals surface area contributed by atoms with Crippen molar-refractivity contribution in [3.8, 4) is 5.69 Å². The van der Waals surface area contributed by atoms with E-state index >= 15 is 0 Å². The number of hydrogen-bond donors (Lipinski definition) is 0. The number of fused-ring (bicyclic) bond motifs is 5. The summed E-state index contributed by atoms with van der Waals surface area (Å²) in [6.07, 6.45) is 0. The number of aromatic nitrogens is 1. The van der Waals surface area contributed by atoms with Crippen LogP contribution in [0.25, 0.3) is 38.3 Å². The van der Waals surface area contributed by atoms with Gasteiger partial charge in [-0.15, -0.1) is 0 Å². The Morgan fingerprint density at radius 3 is 2.36 bits per heavy atom. The molecule has 0 N–H and O–H groups in total. The van der Waals surface area contributed by atoms with Crippen LogP contribution in [0.3, 0.4) is 0 Å². The third kappa shape index (κ3) is 2.33. The van der Waals surface area contributed by atoms with Crippen LogP contribution in [-0.2, 0) is 0 Å². The number of nitrogens with zero attached hydrogens (tertiary/aromatic N) is 1. The van der Waals surface area contributed by atoms with Crippen molar-refractivity contribution in [3.05, 3.63) is 86.9 Å². The van der Waals surface area contributed by atoms with Crippen LogP contribution in [0.4, 0.5) is 0 Å². The Balaban J connectivity index is 2.06. The summed E-state index contributed by atoms with van der Waals surface area (Å²) in [5, 5.41) is 5.16. The lowest BCUT2D eigenvalue weighted by Crippen LogP contribution is -1.96. The van der Waals surface area contributed by atoms with Gasteiger partial charge in [-0.2, -0.15) is 0 Å². The van der Waals surface area contributed by atoms with Gasteiger partial charge in [-0.25, -0.2) is 0 Å². The van der Waals surface area contributed by atoms with Crippen LogP contribution in [0, 0.1) is 3.57 Å². The molecule has 0 unspecified atom stereocenters. The van der Waals surface area contributed by atoms with Crippen LogP contribution in [0.1, 0.15) is 0 Å². The van der Waals surface area contributed by atoms with Gasteiger partial charge in [0.1, 0.15) is 0 Å². The highest BCUT2D eigenvalue weighted by Gasteiger charge is 2.15. The molecule has 0 aliphatic carbocycles. The van der Waals surface area contributed by atoms with E-state index in [-0.39, 0.29) is 0 Å². The van der Waals surface area contributed by atoms with Crippen LogP contribution >= 0.6 is 38.5 Å². The Morgan fingerprint density at radius 2 is 1.48 bits per heavy atom. The first-order chi connectivity index (χ1) is 12.2. The highest BCUT2D eigenvalue weighted by molar-refractivity contribution is 14.1. The van der Waals surface area contributed by atoms with Crippen LogP contribution in [0.5, 0.6) is 0 Å². The molecule has 0 saturated heterocycles. The Hall–Kier alpha value is -1.85. The monoisotopic (exact) mass is 497 g/mol. The number of rotatable bonds is 1. The maximum absolute atomic E-state index is 3.64. The van der Waals surface area contributed by atoms with Crippen molar-refractivity contribution in [2.24, 2.45) is 0 Å². The van der Waals surface area contributed by atoms with Crippen molar-refractivity contribution >= 4 is 71.1 Å². The zero-order valence-corrected chi connectivity index (χ0v) is 17.0. The molecule has 0 spiro atoms. The van der Waals surface area contributed by atoms with Crippen molar-refractivity contribution in [2.75, 3.05) is 0 Å². The molecular weight excluding hydrogens is 485 g/mol. The Kier molecular flexibility index (Phi) is 3.61. The molecule has 0 aliphatic heterocycles. The number of benzene rings is 4. The molecule has 1 nitrogen and oxygen atoms in total. The van der Waals surface area contributed by atoms with E-state index in [4.69, 9.17) is 0 Å². The van der Waals surface area contributed by atoms with Crippen molar-refractivity contribution in [1.82, 2.24) is 4.57 Å². The number of para-hydroxylation sites is 2. The van der Waals surface area contributed by atoms with E-state index < -0.39 is 0 Å². The molecule has 0 radical (unpaired) electrons. The van der Waals surface area contributed by atoms with E-state index in [1.165, 1.54) is 41.8 Å². The van der Waals surface area contributed by atoms with Gasteiger partial charge >= 0.3 is 0 Å². The van der Waals surface area contributed by atoms with Gasteiger partial charge in [0.05, 0.1) is 16.7 Å². The maximum atomic E-state index is 3.64. The molecule has 25 heavy (non-hydrogen) atoms. The van der Waals surface area contributed by atoms with Crippen molar-refractivity contribution in [3.63, 3.8) is 0 Å². The minimum atomic E-state index is 1.11. The summed E-state index contributed by atoms with van der Waals surface area (Å²) in [6.45, 7) is 0. The molecule has 0 bridgehead atoms. The average Bonchev–Trinajstić information content (AvgIpc) is 2.97. The van der Waals surface area contributed by atoms with Crippen LogP contribution in [0.2, 0.25) is 0 Å². The van der Waals surface area contributed by atoms with E-state index in [0.29, 0.717) is 0 Å². The van der Waals surface area contributed by atoms with Gasteiger partial charge in [-0.1, -0.05) is 58.4 Å². The second-order valence-electron chi connectivity index (χ2n) is 6.13. The summed E-state index contributed by atoms with van der Waals surface area (Å²) in [5.74, 6) is 0. The molecule has 5 rings (SSSR count). The van der Waals surface area contributed by atoms with Crippen LogP contribution < -0.4 is 0 Å². The van der Waals surface area contributed by atoms with Crippen LogP contribution in [-0.4, -0.2) is 4.57 Å². The topological polar surface area (TPSA) is 4.93 Å². The summed E-state index contributed by atoms with van der Waals surface area (Å²) >= 11 is 6.06. The molecule has 0 fully saturated rings. The van der Waals surface area contributed by atoms with Crippen molar-refractivity contribution in [2.45, 2.75) is 0 Å². The lowest BCUT2D eigenvalue weighted by molar-refractivity contribution is 1.17. The van der Waals surface area contributed by atoms with E-state index in [2.05, 4.69) is 122 Å². The molecule has 0 amide bonds. The lowest BCUT2D eigenvalue weighted by Gasteiger charge is -2.10. The van der Waals surface area contributed by atoms with Gasteiger partial charge in [0.15, 0.2) is 0 Å². The molecule has 0 saturated carbocycles. The minimum Gasteiger partial charge on any atom is -0.308 e. The molecule has 1 aromatic heterocycles. The first-order valence-corrected chi connectivity index (χ1v) is 9.97. The van der Waals surface area contributed by atoms with Crippen molar-refractivity contribution in [1.29, 1.82) is 0 Å². The maximum Gasteiger partial charge on any atom is 0.0595 e. The Labute approximate surface area is 167 Å². The molecule has 0 aliphatic rings. The summed E-state index contributed by atoms with van der Waals surface area (Å²) < 4.78 is 4.74. The third-order valence-corrected chi connectivity index (χ3v) is 6.12. The average molecular weight is 498 g/mol. The van der Waals surface area contributed by atoms with Gasteiger partial charge < -0.3 is 4.57 Å². The zero-order chi connectivity index (χ0) is 17.0. The summed E-state index contributed by atoms with van der Waals surface area (Å²) in [5.41, 5.74) is 3.72. The minimum absolute atomic E-state index is 1.11. The predicted molar refractivity (Wildman–Crippen MR) is 119 cm³/mol. The van der Waals surface area contributed by atoms with Gasteiger partial charge in [0, 0.05) is 18.8 Å². The first-order valence-electron chi connectivity index (χ1n) is 8.10. The van der Waals surface area contributed by atoms with Gasteiger partial charge in [-0.05, 0) is 69.8 Å². The Bertz CT molecular complexity index is 1270. The summed E-state index contributed by atoms with van der Waals surface area (Å²) in [6, 6.07) is 28.2. The standard InChI is InChI=1S/C22H13BrIN/c23-15-11-9-14-10-12-21-22(17(14)13-15)16-5-1-3-7-19(16)25(21)20-8-4-2-6-18(20)24/h1-13H. The molecule has 3 heteroatoms. The van der Waals surface area contributed by atoms with Gasteiger partial charge in [0.2, 0.25) is 0 Å². The van der Waals surface area contributed by atoms with Gasteiger partial charge in [0.25, 0.3) is 0 Å². The van der Waals surface area contributed by atoms with E-state index in [9.17, 15) is 0 Å². The smallest absolute Gasteiger partial charge is 0.0595 e. The molecule has 1 heterocycles. The predicted octanol–water partition coefficient (Wildman–Crippen LogP) is 7.30. The molecular formula is C22H13BrIN. The van der Waals surface area contributed by atoms with Crippen LogP contribution in [0.15, 0.2) is 83.3 Å². The largest absolute Gasteiger partial charge is 0.308 e. The highest BCUT2D eigenvalue weighted by Crippen LogP contribution is 2.38. The molecule has 120 valence electrons. The lowest BCUT2D eigenvalue weighted by atomic mass is 10.0. The Morgan fingerprint density at radius 1 is 0.720 bits per heavy atom. The van der Waals surface area contributed by atoms with Gasteiger partial charge in [-0.3, -0.25) is 0 Å². The SMILES string of the molecule is Brc1ccc2ccc3c(c2c1)c1ccccc1n3-c1ccccc1I. The van der Waals surface area contributed by atoms with E-state index in [0.717, 1.165) is 4.47 Å². The summed E-state index contributed by atoms with van der Waals surface area (Å²) in [4.78, 5) is 0. The molecule has 5 aromatic rings. The van der Waals surface area contributed by atoms with E-state index in [1.54, 1.807) is 0 Å². The first kappa shape index (κ1) is 15.4. The summed E-state index contributed by atoms with van der Waals surface area (Å²) in [7, 11) is 0. The highest BCUT2D eigenvalue weighted by atomic mass is 127. The third-order valence-electron chi connectivity index (χ3n) is 4.71. The molecule has 0 atom stereocenters. The molecule has 4 aromatic carbocycles. The number of hydrogen-bond acceptors (Lipinski definition) is 0. The number of halogens is 2. The normalized spacial score (nSPS) is 11.6. The fourth-order valence-corrected chi connectivity index (χ4v) is 4.64. The fraction of sp³-hybridized carbons (Fsp3) is 0. The second kappa shape index (κ2) is 5.85. The zero-order valence-electron chi connectivity index (χ0n) is 13.2. The quantitative estimate of drug-likeness (QED) is 0.214.